The number of methoxy groups -OCH3 is 1. The van der Waals surface area contributed by atoms with Crippen LogP contribution in [0.25, 0.3) is 6.08 Å². The van der Waals surface area contributed by atoms with Crippen molar-refractivity contribution in [2.45, 2.75) is 19.4 Å². The largest absolute Gasteiger partial charge is 0.497 e. The number of ether oxygens (including phenoxy) is 2. The van der Waals surface area contributed by atoms with E-state index in [2.05, 4.69) is 5.32 Å². The van der Waals surface area contributed by atoms with Gasteiger partial charge in [0.25, 0.3) is 0 Å². The summed E-state index contributed by atoms with van der Waals surface area (Å²) >= 11 is 0. The lowest BCUT2D eigenvalue weighted by Crippen LogP contribution is -2.26. The fourth-order valence-electron chi connectivity index (χ4n) is 2.96. The molecule has 148 valence electrons. The van der Waals surface area contributed by atoms with Crippen molar-refractivity contribution in [2.24, 2.45) is 0 Å². The molecule has 0 fully saturated rings. The van der Waals surface area contributed by atoms with Crippen LogP contribution in [0.4, 0.5) is 0 Å². The number of carbonyl (C=O) groups is 1. The molecule has 3 rings (SSSR count). The number of hydrogen-bond acceptors (Lipinski definition) is 3. The highest BCUT2D eigenvalue weighted by Crippen LogP contribution is 2.23. The number of amides is 1. The zero-order chi connectivity index (χ0) is 20.5. The Labute approximate surface area is 171 Å². The summed E-state index contributed by atoms with van der Waals surface area (Å²) in [6.45, 7) is 2.04. The first-order valence-corrected chi connectivity index (χ1v) is 9.63. The number of para-hydroxylation sites is 1. The summed E-state index contributed by atoms with van der Waals surface area (Å²) in [4.78, 5) is 12.4. The number of rotatable bonds is 8. The predicted molar refractivity (Wildman–Crippen MR) is 116 cm³/mol. The Morgan fingerprint density at radius 1 is 0.931 bits per heavy atom. The summed E-state index contributed by atoms with van der Waals surface area (Å²) in [5.74, 6) is 2.16. The quantitative estimate of drug-likeness (QED) is 0.499. The molecule has 0 bridgehead atoms. The minimum Gasteiger partial charge on any atom is -0.497 e. The molecule has 0 aliphatic carbocycles. The molecule has 29 heavy (non-hydrogen) atoms. The van der Waals surface area contributed by atoms with Gasteiger partial charge in [0.15, 0.2) is 0 Å². The van der Waals surface area contributed by atoms with Gasteiger partial charge in [0.1, 0.15) is 17.2 Å². The van der Waals surface area contributed by atoms with Gasteiger partial charge in [-0.1, -0.05) is 49.4 Å². The van der Waals surface area contributed by atoms with E-state index in [0.717, 1.165) is 34.8 Å². The van der Waals surface area contributed by atoms with Gasteiger partial charge in [0, 0.05) is 6.08 Å². The molecule has 4 nitrogen and oxygen atoms in total. The van der Waals surface area contributed by atoms with Crippen molar-refractivity contribution in [3.8, 4) is 17.2 Å². The molecular formula is C25H25NO3. The van der Waals surface area contributed by atoms with E-state index in [1.165, 1.54) is 0 Å². The highest BCUT2D eigenvalue weighted by Gasteiger charge is 2.11. The molecule has 0 radical (unpaired) electrons. The van der Waals surface area contributed by atoms with Crippen molar-refractivity contribution in [1.82, 2.24) is 5.32 Å². The topological polar surface area (TPSA) is 47.6 Å². The van der Waals surface area contributed by atoms with Crippen LogP contribution in [0.5, 0.6) is 17.2 Å². The minimum absolute atomic E-state index is 0.0502. The summed E-state index contributed by atoms with van der Waals surface area (Å²) < 4.78 is 11.0. The molecule has 0 aromatic heterocycles. The van der Waals surface area contributed by atoms with Crippen LogP contribution in [0, 0.1) is 0 Å². The third-order valence-corrected chi connectivity index (χ3v) is 4.51. The average molecular weight is 387 g/mol. The minimum atomic E-state index is -0.137. The predicted octanol–water partition coefficient (Wildman–Crippen LogP) is 5.77. The van der Waals surface area contributed by atoms with Crippen molar-refractivity contribution >= 4 is 12.0 Å². The van der Waals surface area contributed by atoms with E-state index < -0.39 is 0 Å². The fraction of sp³-hybridized carbons (Fsp3) is 0.160. The van der Waals surface area contributed by atoms with Gasteiger partial charge in [0.05, 0.1) is 13.2 Å². The van der Waals surface area contributed by atoms with Gasteiger partial charge in [-0.25, -0.2) is 0 Å². The number of carbonyl (C=O) groups excluding carboxylic acids is 1. The fourth-order valence-corrected chi connectivity index (χ4v) is 2.96. The Morgan fingerprint density at radius 2 is 1.66 bits per heavy atom. The molecule has 0 aliphatic rings. The molecule has 3 aromatic rings. The van der Waals surface area contributed by atoms with Gasteiger partial charge < -0.3 is 14.8 Å². The SMILES string of the molecule is CCC(NC(=O)/C=C/c1cccc(Oc2ccccc2)c1)c1ccc(OC)cc1. The molecule has 0 spiro atoms. The summed E-state index contributed by atoms with van der Waals surface area (Å²) in [5.41, 5.74) is 1.94. The molecule has 1 atom stereocenters. The maximum atomic E-state index is 12.4. The molecule has 4 heteroatoms. The Bertz CT molecular complexity index is 949. The monoisotopic (exact) mass is 387 g/mol. The smallest absolute Gasteiger partial charge is 0.244 e. The number of benzene rings is 3. The highest BCUT2D eigenvalue weighted by molar-refractivity contribution is 5.92. The molecule has 1 N–H and O–H groups in total. The third kappa shape index (κ3) is 5.98. The van der Waals surface area contributed by atoms with Crippen molar-refractivity contribution in [3.63, 3.8) is 0 Å². The van der Waals surface area contributed by atoms with E-state index in [-0.39, 0.29) is 11.9 Å². The lowest BCUT2D eigenvalue weighted by atomic mass is 10.0. The zero-order valence-electron chi connectivity index (χ0n) is 16.7. The van der Waals surface area contributed by atoms with Crippen molar-refractivity contribution < 1.29 is 14.3 Å². The molecule has 3 aromatic carbocycles. The van der Waals surface area contributed by atoms with Gasteiger partial charge in [-0.15, -0.1) is 0 Å². The summed E-state index contributed by atoms with van der Waals surface area (Å²) in [5, 5.41) is 3.05. The Balaban J connectivity index is 1.62. The molecule has 0 saturated carbocycles. The van der Waals surface area contributed by atoms with Crippen LogP contribution >= 0.6 is 0 Å². The second-order valence-electron chi connectivity index (χ2n) is 6.56. The Morgan fingerprint density at radius 3 is 2.34 bits per heavy atom. The molecule has 0 aliphatic heterocycles. The van der Waals surface area contributed by atoms with E-state index in [9.17, 15) is 4.79 Å². The first kappa shape index (κ1) is 20.2. The normalized spacial score (nSPS) is 11.8. The number of hydrogen-bond donors (Lipinski definition) is 1. The Hall–Kier alpha value is -3.53. The van der Waals surface area contributed by atoms with Gasteiger partial charge in [0.2, 0.25) is 5.91 Å². The summed E-state index contributed by atoms with van der Waals surface area (Å²) in [7, 11) is 1.64. The summed E-state index contributed by atoms with van der Waals surface area (Å²) in [6, 6.07) is 24.9. The van der Waals surface area contributed by atoms with E-state index in [1.807, 2.05) is 85.8 Å². The van der Waals surface area contributed by atoms with Crippen LogP contribution in [-0.4, -0.2) is 13.0 Å². The number of nitrogens with one attached hydrogen (secondary N) is 1. The first-order valence-electron chi connectivity index (χ1n) is 9.63. The molecule has 0 saturated heterocycles. The van der Waals surface area contributed by atoms with E-state index in [0.29, 0.717) is 0 Å². The standard InChI is InChI=1S/C25H25NO3/c1-3-24(20-13-15-21(28-2)16-14-20)26-25(27)17-12-19-8-7-11-23(18-19)29-22-9-5-4-6-10-22/h4-18,24H,3H2,1-2H3,(H,26,27)/b17-12+. The van der Waals surface area contributed by atoms with Crippen LogP contribution < -0.4 is 14.8 Å². The van der Waals surface area contributed by atoms with E-state index in [1.54, 1.807) is 19.3 Å². The molecule has 1 unspecified atom stereocenters. The van der Waals surface area contributed by atoms with Crippen molar-refractivity contribution in [3.05, 3.63) is 96.1 Å². The van der Waals surface area contributed by atoms with E-state index >= 15 is 0 Å². The lowest BCUT2D eigenvalue weighted by Gasteiger charge is -2.16. The lowest BCUT2D eigenvalue weighted by molar-refractivity contribution is -0.117. The van der Waals surface area contributed by atoms with Crippen LogP contribution in [0.3, 0.4) is 0 Å². The third-order valence-electron chi connectivity index (χ3n) is 4.51. The van der Waals surface area contributed by atoms with Gasteiger partial charge >= 0.3 is 0 Å². The highest BCUT2D eigenvalue weighted by atomic mass is 16.5. The first-order chi connectivity index (χ1) is 14.2. The maximum Gasteiger partial charge on any atom is 0.244 e. The molecule has 0 heterocycles. The molecule has 1 amide bonds. The maximum absolute atomic E-state index is 12.4. The van der Waals surface area contributed by atoms with Gasteiger partial charge in [-0.2, -0.15) is 0 Å². The van der Waals surface area contributed by atoms with Crippen LogP contribution in [0.1, 0.15) is 30.5 Å². The van der Waals surface area contributed by atoms with Crippen LogP contribution in [-0.2, 0) is 4.79 Å². The van der Waals surface area contributed by atoms with Gasteiger partial charge in [-0.3, -0.25) is 4.79 Å². The van der Waals surface area contributed by atoms with Crippen LogP contribution in [0.15, 0.2) is 84.9 Å². The van der Waals surface area contributed by atoms with Crippen molar-refractivity contribution in [2.75, 3.05) is 7.11 Å². The average Bonchev–Trinajstić information content (AvgIpc) is 2.77. The van der Waals surface area contributed by atoms with E-state index in [4.69, 9.17) is 9.47 Å². The molecular weight excluding hydrogens is 362 g/mol. The second kappa shape index (κ2) is 10.1. The second-order valence-corrected chi connectivity index (χ2v) is 6.56. The van der Waals surface area contributed by atoms with Crippen molar-refractivity contribution in [1.29, 1.82) is 0 Å². The summed E-state index contributed by atoms with van der Waals surface area (Å²) in [6.07, 6.45) is 4.13. The zero-order valence-corrected chi connectivity index (χ0v) is 16.7. The van der Waals surface area contributed by atoms with Crippen LogP contribution in [0.2, 0.25) is 0 Å². The Kier molecular flexibility index (Phi) is 7.06. The van der Waals surface area contributed by atoms with Gasteiger partial charge in [-0.05, 0) is 60.0 Å².